The predicted molar refractivity (Wildman–Crippen MR) is 102 cm³/mol. The normalized spacial score (nSPS) is 19.0. The average Bonchev–Trinajstić information content (AvgIpc) is 2.94. The summed E-state index contributed by atoms with van der Waals surface area (Å²) >= 11 is 0. The van der Waals surface area contributed by atoms with Gasteiger partial charge in [-0.3, -0.25) is 9.59 Å². The highest BCUT2D eigenvalue weighted by Crippen LogP contribution is 2.26. The zero-order valence-electron chi connectivity index (χ0n) is 15.0. The average molecular weight is 366 g/mol. The molecule has 7 heteroatoms. The third kappa shape index (κ3) is 4.25. The minimum Gasteiger partial charge on any atom is -0.352 e. The summed E-state index contributed by atoms with van der Waals surface area (Å²) in [5.74, 6) is -0.408. The molecule has 1 aliphatic heterocycles. The van der Waals surface area contributed by atoms with E-state index >= 15 is 0 Å². The first-order valence-corrected chi connectivity index (χ1v) is 8.77. The molecule has 1 aliphatic rings. The number of anilines is 1. The largest absolute Gasteiger partial charge is 0.352 e. The molecule has 0 radical (unpaired) electrons. The molecular formula is C20H22N4O3. The van der Waals surface area contributed by atoms with Crippen molar-refractivity contribution in [1.29, 1.82) is 0 Å². The maximum Gasteiger partial charge on any atom is 0.312 e. The molecule has 0 saturated carbocycles. The van der Waals surface area contributed by atoms with E-state index in [9.17, 15) is 14.4 Å². The fraction of sp³-hybridized carbons (Fsp3) is 0.250. The van der Waals surface area contributed by atoms with Crippen LogP contribution in [0.1, 0.15) is 29.3 Å². The Kier molecular flexibility index (Phi) is 5.40. The van der Waals surface area contributed by atoms with Crippen LogP contribution < -0.4 is 21.3 Å². The lowest BCUT2D eigenvalue weighted by Gasteiger charge is -2.21. The van der Waals surface area contributed by atoms with Gasteiger partial charge in [0.25, 0.3) is 5.91 Å². The van der Waals surface area contributed by atoms with Gasteiger partial charge in [-0.2, -0.15) is 0 Å². The van der Waals surface area contributed by atoms with E-state index in [1.54, 1.807) is 29.2 Å². The highest BCUT2D eigenvalue weighted by Gasteiger charge is 2.38. The number of amides is 4. The fourth-order valence-electron chi connectivity index (χ4n) is 3.23. The number of para-hydroxylation sites is 1. The van der Waals surface area contributed by atoms with Crippen LogP contribution in [0, 0.1) is 0 Å². The quantitative estimate of drug-likeness (QED) is 0.751. The number of rotatable bonds is 5. The van der Waals surface area contributed by atoms with Crippen molar-refractivity contribution in [3.63, 3.8) is 0 Å². The third-order valence-corrected chi connectivity index (χ3v) is 4.58. The van der Waals surface area contributed by atoms with Crippen LogP contribution in [-0.4, -0.2) is 29.9 Å². The fourth-order valence-corrected chi connectivity index (χ4v) is 3.23. The van der Waals surface area contributed by atoms with E-state index in [4.69, 9.17) is 5.73 Å². The molecule has 0 aromatic heterocycles. The van der Waals surface area contributed by atoms with Crippen LogP contribution >= 0.6 is 0 Å². The minimum atomic E-state index is -0.603. The third-order valence-electron chi connectivity index (χ3n) is 4.58. The molecule has 4 N–H and O–H groups in total. The number of benzene rings is 2. The van der Waals surface area contributed by atoms with E-state index in [1.807, 2.05) is 37.3 Å². The Balaban J connectivity index is 1.64. The first kappa shape index (κ1) is 18.4. The lowest BCUT2D eigenvalue weighted by atomic mass is 10.1. The van der Waals surface area contributed by atoms with Gasteiger partial charge in [0.1, 0.15) is 6.04 Å². The van der Waals surface area contributed by atoms with Crippen LogP contribution in [0.15, 0.2) is 54.6 Å². The molecule has 7 nitrogen and oxygen atoms in total. The van der Waals surface area contributed by atoms with Crippen LogP contribution in [0.5, 0.6) is 0 Å². The molecule has 0 spiro atoms. The molecule has 2 aromatic rings. The van der Waals surface area contributed by atoms with E-state index in [1.165, 1.54) is 0 Å². The molecule has 140 valence electrons. The second-order valence-corrected chi connectivity index (χ2v) is 6.57. The summed E-state index contributed by atoms with van der Waals surface area (Å²) in [5, 5.41) is 5.31. The van der Waals surface area contributed by atoms with Crippen molar-refractivity contribution < 1.29 is 14.4 Å². The Morgan fingerprint density at radius 2 is 1.78 bits per heavy atom. The Morgan fingerprint density at radius 1 is 1.11 bits per heavy atom. The number of nitrogens with one attached hydrogen (secondary N) is 2. The highest BCUT2D eigenvalue weighted by atomic mass is 16.2. The number of carbonyl (C=O) groups excluding carboxylic acids is 3. The van der Waals surface area contributed by atoms with Gasteiger partial charge < -0.3 is 21.3 Å². The van der Waals surface area contributed by atoms with Crippen LogP contribution in [0.25, 0.3) is 0 Å². The second-order valence-electron chi connectivity index (χ2n) is 6.57. The van der Waals surface area contributed by atoms with Gasteiger partial charge in [-0.05, 0) is 43.2 Å². The Labute approximate surface area is 157 Å². The number of urea groups is 1. The zero-order valence-corrected chi connectivity index (χ0v) is 15.0. The van der Waals surface area contributed by atoms with Crippen LogP contribution in [0.3, 0.4) is 0 Å². The first-order valence-electron chi connectivity index (χ1n) is 8.77. The van der Waals surface area contributed by atoms with E-state index in [-0.39, 0.29) is 17.9 Å². The highest BCUT2D eigenvalue weighted by molar-refractivity contribution is 6.04. The van der Waals surface area contributed by atoms with Crippen LogP contribution in [0.4, 0.5) is 10.5 Å². The molecular weight excluding hydrogens is 344 g/mol. The molecule has 1 saturated heterocycles. The predicted octanol–water partition coefficient (Wildman–Crippen LogP) is 1.78. The van der Waals surface area contributed by atoms with Crippen molar-refractivity contribution >= 4 is 23.5 Å². The van der Waals surface area contributed by atoms with Crippen LogP contribution in [0.2, 0.25) is 0 Å². The molecule has 1 heterocycles. The maximum atomic E-state index is 12.7. The lowest BCUT2D eigenvalue weighted by molar-refractivity contribution is -0.118. The summed E-state index contributed by atoms with van der Waals surface area (Å²) in [6, 6.07) is 15.1. The zero-order chi connectivity index (χ0) is 19.4. The maximum absolute atomic E-state index is 12.7. The standard InChI is InChI=1S/C20H22N4O3/c1-13-11-17(19(26)24(13)16-5-3-2-4-6-16)23-18(25)15-9-7-14(8-10-15)12-22-20(21)27/h2-10,13,17H,11-12H2,1H3,(H,23,25)(H3,21,22,27). The van der Waals surface area contributed by atoms with Gasteiger partial charge >= 0.3 is 6.03 Å². The molecule has 0 aliphatic carbocycles. The monoisotopic (exact) mass is 366 g/mol. The number of nitrogens with two attached hydrogens (primary N) is 1. The van der Waals surface area contributed by atoms with Gasteiger partial charge in [0.2, 0.25) is 5.91 Å². The first-order chi connectivity index (χ1) is 13.0. The van der Waals surface area contributed by atoms with Crippen molar-refractivity contribution in [1.82, 2.24) is 10.6 Å². The number of hydrogen-bond acceptors (Lipinski definition) is 3. The summed E-state index contributed by atoms with van der Waals surface area (Å²) < 4.78 is 0. The van der Waals surface area contributed by atoms with Crippen molar-refractivity contribution in [3.8, 4) is 0 Å². The smallest absolute Gasteiger partial charge is 0.312 e. The van der Waals surface area contributed by atoms with Crippen LogP contribution in [-0.2, 0) is 11.3 Å². The number of hydrogen-bond donors (Lipinski definition) is 3. The van der Waals surface area contributed by atoms with Gasteiger partial charge in [0.05, 0.1) is 0 Å². The molecule has 0 bridgehead atoms. The van der Waals surface area contributed by atoms with Gasteiger partial charge in [-0.1, -0.05) is 30.3 Å². The Morgan fingerprint density at radius 3 is 2.41 bits per heavy atom. The molecule has 2 aromatic carbocycles. The summed E-state index contributed by atoms with van der Waals surface area (Å²) in [7, 11) is 0. The summed E-state index contributed by atoms with van der Waals surface area (Å²) in [4.78, 5) is 37.7. The van der Waals surface area contributed by atoms with E-state index in [2.05, 4.69) is 10.6 Å². The number of primary amides is 1. The van der Waals surface area contributed by atoms with Crippen molar-refractivity contribution in [2.75, 3.05) is 4.90 Å². The lowest BCUT2D eigenvalue weighted by Crippen LogP contribution is -2.42. The van der Waals surface area contributed by atoms with Gasteiger partial charge in [0.15, 0.2) is 0 Å². The van der Waals surface area contributed by atoms with E-state index in [0.717, 1.165) is 11.3 Å². The van der Waals surface area contributed by atoms with Gasteiger partial charge in [-0.15, -0.1) is 0 Å². The Hall–Kier alpha value is -3.35. The van der Waals surface area contributed by atoms with E-state index < -0.39 is 12.1 Å². The second kappa shape index (κ2) is 7.90. The topological polar surface area (TPSA) is 105 Å². The molecule has 27 heavy (non-hydrogen) atoms. The summed E-state index contributed by atoms with van der Waals surface area (Å²) in [6.07, 6.45) is 0.556. The summed E-state index contributed by atoms with van der Waals surface area (Å²) in [6.45, 7) is 2.26. The Bertz CT molecular complexity index is 836. The number of carbonyl (C=O) groups is 3. The number of nitrogens with zero attached hydrogens (tertiary/aromatic N) is 1. The molecule has 2 unspecified atom stereocenters. The van der Waals surface area contributed by atoms with E-state index in [0.29, 0.717) is 18.5 Å². The van der Waals surface area contributed by atoms with Crippen molar-refractivity contribution in [3.05, 3.63) is 65.7 Å². The molecule has 3 rings (SSSR count). The van der Waals surface area contributed by atoms with Gasteiger partial charge in [0, 0.05) is 23.8 Å². The van der Waals surface area contributed by atoms with Crippen molar-refractivity contribution in [2.45, 2.75) is 32.0 Å². The molecule has 1 fully saturated rings. The minimum absolute atomic E-state index is 0.00690. The summed E-state index contributed by atoms with van der Waals surface area (Å²) in [5.41, 5.74) is 7.15. The molecule has 2 atom stereocenters. The SMILES string of the molecule is CC1CC(NC(=O)c2ccc(CNC(N)=O)cc2)C(=O)N1c1ccccc1. The van der Waals surface area contributed by atoms with Crippen molar-refractivity contribution in [2.24, 2.45) is 5.73 Å². The van der Waals surface area contributed by atoms with Gasteiger partial charge in [-0.25, -0.2) is 4.79 Å². The molecule has 4 amide bonds.